The van der Waals surface area contributed by atoms with Gasteiger partial charge in [-0.05, 0) is 24.1 Å². The van der Waals surface area contributed by atoms with Crippen molar-refractivity contribution in [3.05, 3.63) is 34.6 Å². The second kappa shape index (κ2) is 6.68. The van der Waals surface area contributed by atoms with E-state index < -0.39 is 17.8 Å². The number of nitrogens with two attached hydrogens (primary N) is 1. The molecule has 1 rings (SSSR count). The van der Waals surface area contributed by atoms with Crippen LogP contribution in [0.15, 0.2) is 18.2 Å². The van der Waals surface area contributed by atoms with Crippen molar-refractivity contribution in [2.75, 3.05) is 7.11 Å². The zero-order valence-corrected chi connectivity index (χ0v) is 10.1. The Labute approximate surface area is 104 Å². The fourth-order valence-electron chi connectivity index (χ4n) is 1.16. The highest BCUT2D eigenvalue weighted by molar-refractivity contribution is 6.30. The first kappa shape index (κ1) is 15.2. The van der Waals surface area contributed by atoms with E-state index in [9.17, 15) is 9.18 Å². The summed E-state index contributed by atoms with van der Waals surface area (Å²) in [6.45, 7) is 0. The quantitative estimate of drug-likeness (QED) is 0.852. The van der Waals surface area contributed by atoms with Crippen LogP contribution in [0, 0.1) is 5.82 Å². The van der Waals surface area contributed by atoms with E-state index in [-0.39, 0.29) is 23.9 Å². The number of esters is 1. The van der Waals surface area contributed by atoms with Gasteiger partial charge in [0, 0.05) is 0 Å². The first-order chi connectivity index (χ1) is 7.04. The molecule has 90 valence electrons. The number of ether oxygens (including phenoxy) is 1. The van der Waals surface area contributed by atoms with E-state index in [1.807, 2.05) is 0 Å². The molecule has 0 aromatic heterocycles. The molecule has 1 aromatic carbocycles. The lowest BCUT2D eigenvalue weighted by Crippen LogP contribution is -2.33. The largest absolute Gasteiger partial charge is 0.468 e. The van der Waals surface area contributed by atoms with Crippen molar-refractivity contribution in [3.8, 4) is 0 Å². The molecular formula is C10H12Cl2FNO2. The van der Waals surface area contributed by atoms with Crippen molar-refractivity contribution in [1.82, 2.24) is 0 Å². The van der Waals surface area contributed by atoms with Crippen molar-refractivity contribution in [3.63, 3.8) is 0 Å². The van der Waals surface area contributed by atoms with Crippen molar-refractivity contribution in [1.29, 1.82) is 0 Å². The molecule has 0 saturated carbocycles. The molecule has 0 radical (unpaired) electrons. The van der Waals surface area contributed by atoms with Gasteiger partial charge in [0.15, 0.2) is 0 Å². The first-order valence-electron chi connectivity index (χ1n) is 4.32. The monoisotopic (exact) mass is 267 g/mol. The van der Waals surface area contributed by atoms with Crippen LogP contribution in [0.1, 0.15) is 5.56 Å². The molecular weight excluding hydrogens is 256 g/mol. The molecule has 0 aliphatic rings. The summed E-state index contributed by atoms with van der Waals surface area (Å²) < 4.78 is 17.3. The molecule has 16 heavy (non-hydrogen) atoms. The van der Waals surface area contributed by atoms with Gasteiger partial charge in [-0.3, -0.25) is 4.79 Å². The third kappa shape index (κ3) is 3.96. The molecule has 0 amide bonds. The smallest absolute Gasteiger partial charge is 0.322 e. The number of rotatable bonds is 3. The van der Waals surface area contributed by atoms with Gasteiger partial charge >= 0.3 is 5.97 Å². The molecule has 0 saturated heterocycles. The lowest BCUT2D eigenvalue weighted by molar-refractivity contribution is -0.142. The lowest BCUT2D eigenvalue weighted by Gasteiger charge is -2.09. The van der Waals surface area contributed by atoms with Crippen LogP contribution < -0.4 is 5.73 Å². The van der Waals surface area contributed by atoms with E-state index in [0.717, 1.165) is 0 Å². The van der Waals surface area contributed by atoms with Gasteiger partial charge in [0.1, 0.15) is 11.9 Å². The minimum atomic E-state index is -0.753. The van der Waals surface area contributed by atoms with Crippen LogP contribution in [0.2, 0.25) is 5.02 Å². The summed E-state index contributed by atoms with van der Waals surface area (Å²) in [7, 11) is 1.26. The lowest BCUT2D eigenvalue weighted by atomic mass is 10.1. The molecule has 0 bridgehead atoms. The maximum absolute atomic E-state index is 12.8. The molecule has 0 unspecified atom stereocenters. The maximum Gasteiger partial charge on any atom is 0.322 e. The van der Waals surface area contributed by atoms with Gasteiger partial charge in [-0.1, -0.05) is 17.7 Å². The van der Waals surface area contributed by atoms with Gasteiger partial charge in [-0.2, -0.15) is 0 Å². The number of methoxy groups -OCH3 is 1. The van der Waals surface area contributed by atoms with Gasteiger partial charge < -0.3 is 10.5 Å². The maximum atomic E-state index is 12.8. The number of carbonyl (C=O) groups is 1. The standard InChI is InChI=1S/C10H11ClFNO2.ClH/c1-15-10(14)9(13)5-6-2-3-8(12)7(11)4-6;/h2-4,9H,5,13H2,1H3;1H/t9-;/m1./s1. The van der Waals surface area contributed by atoms with E-state index in [1.54, 1.807) is 0 Å². The van der Waals surface area contributed by atoms with Crippen LogP contribution in [0.5, 0.6) is 0 Å². The highest BCUT2D eigenvalue weighted by Crippen LogP contribution is 2.16. The normalized spacial score (nSPS) is 11.5. The Morgan fingerprint density at radius 1 is 1.62 bits per heavy atom. The summed E-state index contributed by atoms with van der Waals surface area (Å²) in [5.41, 5.74) is 6.23. The first-order valence-corrected chi connectivity index (χ1v) is 4.69. The summed E-state index contributed by atoms with van der Waals surface area (Å²) in [5.74, 6) is -0.998. The van der Waals surface area contributed by atoms with Crippen LogP contribution in [-0.4, -0.2) is 19.1 Å². The zero-order chi connectivity index (χ0) is 11.4. The predicted octanol–water partition coefficient (Wildman–Crippen LogP) is 1.94. The third-order valence-electron chi connectivity index (χ3n) is 1.94. The Morgan fingerprint density at radius 2 is 2.25 bits per heavy atom. The van der Waals surface area contributed by atoms with Crippen LogP contribution in [0.3, 0.4) is 0 Å². The minimum Gasteiger partial charge on any atom is -0.468 e. The molecule has 1 aromatic rings. The van der Waals surface area contributed by atoms with E-state index in [2.05, 4.69) is 4.74 Å². The topological polar surface area (TPSA) is 52.3 Å². The molecule has 0 heterocycles. The summed E-state index contributed by atoms with van der Waals surface area (Å²) in [5, 5.41) is 0.0181. The average Bonchev–Trinajstić information content (AvgIpc) is 2.22. The fraction of sp³-hybridized carbons (Fsp3) is 0.300. The van der Waals surface area contributed by atoms with Gasteiger partial charge in [0.25, 0.3) is 0 Å². The van der Waals surface area contributed by atoms with E-state index in [4.69, 9.17) is 17.3 Å². The SMILES string of the molecule is COC(=O)[C@H](N)Cc1ccc(F)c(Cl)c1.Cl. The number of hydrogen-bond donors (Lipinski definition) is 1. The summed E-state index contributed by atoms with van der Waals surface area (Å²) in [4.78, 5) is 11.0. The van der Waals surface area contributed by atoms with Gasteiger partial charge in [0.2, 0.25) is 0 Å². The van der Waals surface area contributed by atoms with Crippen molar-refractivity contribution >= 4 is 30.0 Å². The molecule has 0 aliphatic heterocycles. The predicted molar refractivity (Wildman–Crippen MR) is 62.4 cm³/mol. The molecule has 3 nitrogen and oxygen atoms in total. The Kier molecular flexibility index (Phi) is 6.33. The van der Waals surface area contributed by atoms with Gasteiger partial charge in [-0.25, -0.2) is 4.39 Å². The van der Waals surface area contributed by atoms with Gasteiger partial charge in [0.05, 0.1) is 12.1 Å². The van der Waals surface area contributed by atoms with E-state index in [0.29, 0.717) is 5.56 Å². The third-order valence-corrected chi connectivity index (χ3v) is 2.23. The van der Waals surface area contributed by atoms with E-state index in [1.165, 1.54) is 25.3 Å². The fourth-order valence-corrected chi connectivity index (χ4v) is 1.36. The van der Waals surface area contributed by atoms with E-state index >= 15 is 0 Å². The Bertz CT molecular complexity index is 374. The summed E-state index contributed by atoms with van der Waals surface area (Å²) in [6.07, 6.45) is 0.271. The Hall–Kier alpha value is -0.840. The summed E-state index contributed by atoms with van der Waals surface area (Å²) in [6, 6.07) is 3.46. The Balaban J connectivity index is 0.00000225. The van der Waals surface area contributed by atoms with Gasteiger partial charge in [-0.15, -0.1) is 12.4 Å². The van der Waals surface area contributed by atoms with Crippen molar-refractivity contribution in [2.24, 2.45) is 5.73 Å². The number of carbonyl (C=O) groups excluding carboxylic acids is 1. The highest BCUT2D eigenvalue weighted by Gasteiger charge is 2.14. The molecule has 6 heteroatoms. The van der Waals surface area contributed by atoms with Crippen LogP contribution in [0.25, 0.3) is 0 Å². The molecule has 0 aliphatic carbocycles. The summed E-state index contributed by atoms with van der Waals surface area (Å²) >= 11 is 5.58. The molecule has 1 atom stereocenters. The number of benzene rings is 1. The molecule has 0 spiro atoms. The minimum absolute atomic E-state index is 0. The van der Waals surface area contributed by atoms with Crippen LogP contribution in [0.4, 0.5) is 4.39 Å². The van der Waals surface area contributed by atoms with Crippen molar-refractivity contribution < 1.29 is 13.9 Å². The number of halogens is 3. The molecule has 2 N–H and O–H groups in total. The average molecular weight is 268 g/mol. The molecule has 0 fully saturated rings. The number of hydrogen-bond acceptors (Lipinski definition) is 3. The zero-order valence-electron chi connectivity index (χ0n) is 8.57. The van der Waals surface area contributed by atoms with Crippen molar-refractivity contribution in [2.45, 2.75) is 12.5 Å². The second-order valence-electron chi connectivity index (χ2n) is 3.08. The Morgan fingerprint density at radius 3 is 2.75 bits per heavy atom. The van der Waals surface area contributed by atoms with Crippen LogP contribution >= 0.6 is 24.0 Å². The highest BCUT2D eigenvalue weighted by atomic mass is 35.5. The van der Waals surface area contributed by atoms with Crippen LogP contribution in [-0.2, 0) is 16.0 Å². The second-order valence-corrected chi connectivity index (χ2v) is 3.49.